The van der Waals surface area contributed by atoms with Gasteiger partial charge in [0, 0.05) is 12.2 Å². The van der Waals surface area contributed by atoms with Crippen molar-refractivity contribution in [2.45, 2.75) is 58.8 Å². The lowest BCUT2D eigenvalue weighted by molar-refractivity contribution is 0.596. The van der Waals surface area contributed by atoms with Gasteiger partial charge in [0.2, 0.25) is 0 Å². The minimum absolute atomic E-state index is 0.125. The summed E-state index contributed by atoms with van der Waals surface area (Å²) >= 11 is 0. The van der Waals surface area contributed by atoms with Gasteiger partial charge in [0.25, 0.3) is 0 Å². The number of halogens is 1. The van der Waals surface area contributed by atoms with E-state index in [2.05, 4.69) is 12.2 Å². The predicted molar refractivity (Wildman–Crippen MR) is 77.6 cm³/mol. The zero-order chi connectivity index (χ0) is 13.2. The Kier molecular flexibility index (Phi) is 7.47. The molecule has 18 heavy (non-hydrogen) atoms. The Balaban J connectivity index is 2.05. The van der Waals surface area contributed by atoms with E-state index < -0.39 is 0 Å². The molecule has 0 atom stereocenters. The third-order valence-electron chi connectivity index (χ3n) is 3.28. The standard InChI is InChI=1S/C16H26FN/c1-3-4-5-6-7-8-9-12-18-15-11-10-14(2)16(17)13-15/h10-11,13,18H,3-9,12H2,1-2H3. The van der Waals surface area contributed by atoms with Gasteiger partial charge in [-0.3, -0.25) is 0 Å². The molecular weight excluding hydrogens is 225 g/mol. The first-order valence-electron chi connectivity index (χ1n) is 7.24. The number of rotatable bonds is 9. The molecule has 1 aromatic carbocycles. The number of unbranched alkanes of at least 4 members (excludes halogenated alkanes) is 6. The molecule has 0 saturated carbocycles. The second-order valence-electron chi connectivity index (χ2n) is 5.01. The van der Waals surface area contributed by atoms with Crippen molar-refractivity contribution >= 4 is 5.69 Å². The highest BCUT2D eigenvalue weighted by Crippen LogP contribution is 2.14. The topological polar surface area (TPSA) is 12.0 Å². The molecule has 0 aliphatic carbocycles. The van der Waals surface area contributed by atoms with Gasteiger partial charge in [-0.15, -0.1) is 0 Å². The zero-order valence-corrected chi connectivity index (χ0v) is 11.8. The van der Waals surface area contributed by atoms with Crippen LogP contribution in [0.25, 0.3) is 0 Å². The Morgan fingerprint density at radius 2 is 1.67 bits per heavy atom. The van der Waals surface area contributed by atoms with Crippen molar-refractivity contribution in [3.05, 3.63) is 29.6 Å². The van der Waals surface area contributed by atoms with Crippen molar-refractivity contribution in [3.63, 3.8) is 0 Å². The molecule has 0 spiro atoms. The first-order valence-corrected chi connectivity index (χ1v) is 7.24. The fourth-order valence-electron chi connectivity index (χ4n) is 2.02. The number of aryl methyl sites for hydroxylation is 1. The van der Waals surface area contributed by atoms with Crippen LogP contribution in [-0.4, -0.2) is 6.54 Å². The van der Waals surface area contributed by atoms with E-state index in [1.54, 1.807) is 13.0 Å². The molecule has 102 valence electrons. The van der Waals surface area contributed by atoms with Gasteiger partial charge in [-0.1, -0.05) is 51.5 Å². The second-order valence-corrected chi connectivity index (χ2v) is 5.01. The summed E-state index contributed by atoms with van der Waals surface area (Å²) in [7, 11) is 0. The van der Waals surface area contributed by atoms with Gasteiger partial charge in [0.1, 0.15) is 5.82 Å². The summed E-state index contributed by atoms with van der Waals surface area (Å²) in [6.07, 6.45) is 9.15. The Labute approximate surface area is 111 Å². The molecule has 0 radical (unpaired) electrons. The summed E-state index contributed by atoms with van der Waals surface area (Å²) in [6.45, 7) is 4.97. The van der Waals surface area contributed by atoms with Crippen LogP contribution in [0.1, 0.15) is 57.4 Å². The monoisotopic (exact) mass is 251 g/mol. The summed E-state index contributed by atoms with van der Waals surface area (Å²) in [5.41, 5.74) is 1.60. The zero-order valence-electron chi connectivity index (χ0n) is 11.8. The Morgan fingerprint density at radius 1 is 1.00 bits per heavy atom. The van der Waals surface area contributed by atoms with E-state index in [0.717, 1.165) is 12.2 Å². The molecule has 0 aliphatic heterocycles. The quantitative estimate of drug-likeness (QED) is 0.587. The molecule has 0 bridgehead atoms. The largest absolute Gasteiger partial charge is 0.385 e. The third-order valence-corrected chi connectivity index (χ3v) is 3.28. The Hall–Kier alpha value is -1.05. The molecule has 0 aromatic heterocycles. The first-order chi connectivity index (χ1) is 8.74. The molecule has 0 amide bonds. The average Bonchev–Trinajstić information content (AvgIpc) is 2.37. The van der Waals surface area contributed by atoms with Crippen molar-refractivity contribution in [2.24, 2.45) is 0 Å². The molecule has 1 aromatic rings. The van der Waals surface area contributed by atoms with Crippen molar-refractivity contribution < 1.29 is 4.39 Å². The predicted octanol–water partition coefficient (Wildman–Crippen LogP) is 5.30. The minimum atomic E-state index is -0.125. The maximum absolute atomic E-state index is 13.3. The van der Waals surface area contributed by atoms with E-state index in [0.29, 0.717) is 5.56 Å². The van der Waals surface area contributed by atoms with Gasteiger partial charge in [0.05, 0.1) is 0 Å². The lowest BCUT2D eigenvalue weighted by Crippen LogP contribution is -2.02. The number of hydrogen-bond acceptors (Lipinski definition) is 1. The van der Waals surface area contributed by atoms with Gasteiger partial charge >= 0.3 is 0 Å². The van der Waals surface area contributed by atoms with Crippen LogP contribution in [0.4, 0.5) is 10.1 Å². The van der Waals surface area contributed by atoms with Crippen molar-refractivity contribution in [1.82, 2.24) is 0 Å². The Bertz CT molecular complexity index is 336. The summed E-state index contributed by atoms with van der Waals surface area (Å²) in [5.74, 6) is -0.125. The fourth-order valence-corrected chi connectivity index (χ4v) is 2.02. The highest BCUT2D eigenvalue weighted by atomic mass is 19.1. The number of benzene rings is 1. The van der Waals surface area contributed by atoms with E-state index in [9.17, 15) is 4.39 Å². The van der Waals surface area contributed by atoms with Crippen molar-refractivity contribution in [3.8, 4) is 0 Å². The minimum Gasteiger partial charge on any atom is -0.385 e. The molecule has 0 fully saturated rings. The van der Waals surface area contributed by atoms with E-state index in [4.69, 9.17) is 0 Å². The maximum atomic E-state index is 13.3. The summed E-state index contributed by atoms with van der Waals surface area (Å²) in [6, 6.07) is 5.35. The van der Waals surface area contributed by atoms with Gasteiger partial charge in [-0.2, -0.15) is 0 Å². The van der Waals surface area contributed by atoms with Gasteiger partial charge in [0.15, 0.2) is 0 Å². The molecule has 1 rings (SSSR count). The second kappa shape index (κ2) is 8.96. The lowest BCUT2D eigenvalue weighted by atomic mass is 10.1. The molecule has 1 N–H and O–H groups in total. The molecular formula is C16H26FN. The van der Waals surface area contributed by atoms with Crippen LogP contribution >= 0.6 is 0 Å². The summed E-state index contributed by atoms with van der Waals surface area (Å²) in [5, 5.41) is 3.27. The molecule has 2 heteroatoms. The SMILES string of the molecule is CCCCCCCCCNc1ccc(C)c(F)c1. The van der Waals surface area contributed by atoms with Crippen LogP contribution in [0.2, 0.25) is 0 Å². The van der Waals surface area contributed by atoms with E-state index in [-0.39, 0.29) is 5.82 Å². The van der Waals surface area contributed by atoms with E-state index in [1.165, 1.54) is 44.9 Å². The van der Waals surface area contributed by atoms with Gasteiger partial charge in [-0.25, -0.2) is 4.39 Å². The fraction of sp³-hybridized carbons (Fsp3) is 0.625. The van der Waals surface area contributed by atoms with Crippen LogP contribution in [0.5, 0.6) is 0 Å². The van der Waals surface area contributed by atoms with Crippen LogP contribution < -0.4 is 5.32 Å². The smallest absolute Gasteiger partial charge is 0.128 e. The number of anilines is 1. The van der Waals surface area contributed by atoms with Crippen molar-refractivity contribution in [1.29, 1.82) is 0 Å². The Morgan fingerprint density at radius 3 is 2.33 bits per heavy atom. The van der Waals surface area contributed by atoms with Gasteiger partial charge < -0.3 is 5.32 Å². The maximum Gasteiger partial charge on any atom is 0.128 e. The van der Waals surface area contributed by atoms with Crippen LogP contribution in [0, 0.1) is 12.7 Å². The van der Waals surface area contributed by atoms with E-state index >= 15 is 0 Å². The highest BCUT2D eigenvalue weighted by Gasteiger charge is 1.98. The van der Waals surface area contributed by atoms with Crippen LogP contribution in [0.3, 0.4) is 0 Å². The van der Waals surface area contributed by atoms with Crippen molar-refractivity contribution in [2.75, 3.05) is 11.9 Å². The molecule has 0 unspecified atom stereocenters. The number of nitrogens with one attached hydrogen (secondary N) is 1. The lowest BCUT2D eigenvalue weighted by Gasteiger charge is -2.07. The average molecular weight is 251 g/mol. The molecule has 0 aliphatic rings. The third kappa shape index (κ3) is 6.04. The number of hydrogen-bond donors (Lipinski definition) is 1. The van der Waals surface area contributed by atoms with Gasteiger partial charge in [-0.05, 0) is 31.0 Å². The van der Waals surface area contributed by atoms with Crippen LogP contribution in [0.15, 0.2) is 18.2 Å². The molecule has 0 saturated heterocycles. The van der Waals surface area contributed by atoms with E-state index in [1.807, 2.05) is 12.1 Å². The summed E-state index contributed by atoms with van der Waals surface area (Å²) < 4.78 is 13.3. The summed E-state index contributed by atoms with van der Waals surface area (Å²) in [4.78, 5) is 0. The normalized spacial score (nSPS) is 10.6. The highest BCUT2D eigenvalue weighted by molar-refractivity contribution is 5.44. The first kappa shape index (κ1) is 15.0. The molecule has 1 nitrogen and oxygen atoms in total. The van der Waals surface area contributed by atoms with Crippen LogP contribution in [-0.2, 0) is 0 Å². The molecule has 0 heterocycles.